The Morgan fingerprint density at radius 2 is 2.12 bits per heavy atom. The molecule has 0 bridgehead atoms. The quantitative estimate of drug-likeness (QED) is 0.930. The number of thiophene rings is 1. The average Bonchev–Trinajstić information content (AvgIpc) is 2.86. The van der Waals surface area contributed by atoms with E-state index in [2.05, 4.69) is 35.0 Å². The van der Waals surface area contributed by atoms with E-state index in [4.69, 9.17) is 10.2 Å². The molecule has 2 aromatic rings. The van der Waals surface area contributed by atoms with Crippen LogP contribution in [0.2, 0.25) is 0 Å². The molecule has 0 aliphatic carbocycles. The summed E-state index contributed by atoms with van der Waals surface area (Å²) in [4.78, 5) is 2.74. The number of halogens is 1. The zero-order valence-corrected chi connectivity index (χ0v) is 11.5. The lowest BCUT2D eigenvalue weighted by molar-refractivity contribution is 0.531. The monoisotopic (exact) mass is 299 g/mol. The van der Waals surface area contributed by atoms with Crippen LogP contribution in [0.15, 0.2) is 33.5 Å². The van der Waals surface area contributed by atoms with Crippen molar-refractivity contribution in [3.05, 3.63) is 44.4 Å². The van der Waals surface area contributed by atoms with E-state index in [1.54, 1.807) is 6.26 Å². The Balaban J connectivity index is 2.07. The predicted molar refractivity (Wildman–Crippen MR) is 70.7 cm³/mol. The zero-order valence-electron chi connectivity index (χ0n) is 9.07. The first-order valence-electron chi connectivity index (χ1n) is 5.26. The summed E-state index contributed by atoms with van der Waals surface area (Å²) in [7, 11) is 0. The van der Waals surface area contributed by atoms with E-state index in [-0.39, 0.29) is 6.04 Å². The molecule has 4 heteroatoms. The van der Waals surface area contributed by atoms with Crippen LogP contribution >= 0.6 is 27.3 Å². The summed E-state index contributed by atoms with van der Waals surface area (Å²) in [6.45, 7) is 2.17. The van der Waals surface area contributed by atoms with Crippen LogP contribution in [0.5, 0.6) is 0 Å². The van der Waals surface area contributed by atoms with Gasteiger partial charge in [-0.15, -0.1) is 11.3 Å². The van der Waals surface area contributed by atoms with Gasteiger partial charge in [0.05, 0.1) is 6.26 Å². The molecular weight excluding hydrogens is 286 g/mol. The highest BCUT2D eigenvalue weighted by molar-refractivity contribution is 9.10. The lowest BCUT2D eigenvalue weighted by Gasteiger charge is -2.08. The molecule has 86 valence electrons. The zero-order chi connectivity index (χ0) is 11.5. The molecule has 2 rings (SSSR count). The second kappa shape index (κ2) is 5.17. The van der Waals surface area contributed by atoms with Gasteiger partial charge in [0.1, 0.15) is 0 Å². The maximum atomic E-state index is 6.14. The summed E-state index contributed by atoms with van der Waals surface area (Å²) < 4.78 is 5.93. The summed E-state index contributed by atoms with van der Waals surface area (Å²) in [6.07, 6.45) is 3.61. The van der Waals surface area contributed by atoms with Gasteiger partial charge in [-0.2, -0.15) is 0 Å². The van der Waals surface area contributed by atoms with Crippen molar-refractivity contribution in [2.24, 2.45) is 5.73 Å². The molecule has 2 N–H and O–H groups in total. The third-order valence-corrected chi connectivity index (χ3v) is 4.43. The van der Waals surface area contributed by atoms with Crippen molar-refractivity contribution < 1.29 is 4.42 Å². The van der Waals surface area contributed by atoms with Crippen molar-refractivity contribution in [1.29, 1.82) is 0 Å². The van der Waals surface area contributed by atoms with Gasteiger partial charge in [0, 0.05) is 27.8 Å². The number of aryl methyl sites for hydroxylation is 1. The first-order valence-corrected chi connectivity index (χ1v) is 6.87. The highest BCUT2D eigenvalue weighted by Crippen LogP contribution is 2.27. The van der Waals surface area contributed by atoms with Crippen LogP contribution < -0.4 is 5.73 Å². The normalized spacial score (nSPS) is 12.9. The van der Waals surface area contributed by atoms with E-state index < -0.39 is 0 Å². The maximum absolute atomic E-state index is 6.14. The predicted octanol–water partition coefficient (Wildman–Crippen LogP) is 3.91. The lowest BCUT2D eigenvalue weighted by atomic mass is 10.1. The number of nitrogens with two attached hydrogens (primary N) is 1. The van der Waals surface area contributed by atoms with E-state index >= 15 is 0 Å². The van der Waals surface area contributed by atoms with Gasteiger partial charge in [0.15, 0.2) is 4.67 Å². The van der Waals surface area contributed by atoms with Crippen LogP contribution in [0.4, 0.5) is 0 Å². The number of hydrogen-bond donors (Lipinski definition) is 1. The first kappa shape index (κ1) is 11.9. The third kappa shape index (κ3) is 2.56. The summed E-state index contributed by atoms with van der Waals surface area (Å²) in [5.74, 6) is 0. The Morgan fingerprint density at radius 1 is 1.38 bits per heavy atom. The minimum absolute atomic E-state index is 0.00326. The van der Waals surface area contributed by atoms with Crippen molar-refractivity contribution >= 4 is 27.3 Å². The summed E-state index contributed by atoms with van der Waals surface area (Å²) in [5.41, 5.74) is 7.17. The highest BCUT2D eigenvalue weighted by atomic mass is 79.9. The molecule has 1 unspecified atom stereocenters. The first-order chi connectivity index (χ1) is 7.70. The maximum Gasteiger partial charge on any atom is 0.173 e. The Labute approximate surface area is 108 Å². The lowest BCUT2D eigenvalue weighted by Crippen LogP contribution is -2.12. The van der Waals surface area contributed by atoms with E-state index in [0.29, 0.717) is 0 Å². The number of furan rings is 1. The second-order valence-electron chi connectivity index (χ2n) is 3.68. The highest BCUT2D eigenvalue weighted by Gasteiger charge is 2.13. The Bertz CT molecular complexity index is 463. The molecular formula is C12H14BrNOS. The fourth-order valence-corrected chi connectivity index (χ4v) is 3.17. The van der Waals surface area contributed by atoms with Gasteiger partial charge in [-0.05, 0) is 40.5 Å². The van der Waals surface area contributed by atoms with Crippen LogP contribution in [-0.2, 0) is 12.8 Å². The van der Waals surface area contributed by atoms with Crippen LogP contribution in [0.25, 0.3) is 0 Å². The van der Waals surface area contributed by atoms with Crippen molar-refractivity contribution in [2.75, 3.05) is 0 Å². The van der Waals surface area contributed by atoms with Crippen LogP contribution in [0, 0.1) is 0 Å². The SMILES string of the molecule is CCc1ccc(CC(N)c2ccoc2Br)s1. The van der Waals surface area contributed by atoms with Gasteiger partial charge in [-0.25, -0.2) is 0 Å². The number of hydrogen-bond acceptors (Lipinski definition) is 3. The molecule has 0 radical (unpaired) electrons. The third-order valence-electron chi connectivity index (χ3n) is 2.53. The fourth-order valence-electron chi connectivity index (χ4n) is 1.62. The van der Waals surface area contributed by atoms with Gasteiger partial charge >= 0.3 is 0 Å². The van der Waals surface area contributed by atoms with Gasteiger partial charge in [-0.3, -0.25) is 0 Å². The van der Waals surface area contributed by atoms with E-state index in [9.17, 15) is 0 Å². The summed E-state index contributed by atoms with van der Waals surface area (Å²) in [5, 5.41) is 0. The molecule has 0 aliphatic heterocycles. The standard InChI is InChI=1S/C12H14BrNOS/c1-2-8-3-4-9(16-8)7-11(14)10-5-6-15-12(10)13/h3-6,11H,2,7,14H2,1H3. The second-order valence-corrected chi connectivity index (χ2v) is 5.65. The van der Waals surface area contributed by atoms with Crippen LogP contribution in [-0.4, -0.2) is 0 Å². The van der Waals surface area contributed by atoms with Gasteiger partial charge in [0.2, 0.25) is 0 Å². The fraction of sp³-hybridized carbons (Fsp3) is 0.333. The Morgan fingerprint density at radius 3 is 2.69 bits per heavy atom. The van der Waals surface area contributed by atoms with Gasteiger partial charge < -0.3 is 10.2 Å². The largest absolute Gasteiger partial charge is 0.457 e. The van der Waals surface area contributed by atoms with E-state index in [1.165, 1.54) is 9.75 Å². The molecule has 2 nitrogen and oxygen atoms in total. The number of rotatable bonds is 4. The molecule has 16 heavy (non-hydrogen) atoms. The molecule has 2 heterocycles. The van der Waals surface area contributed by atoms with Gasteiger partial charge in [0.25, 0.3) is 0 Å². The van der Waals surface area contributed by atoms with Crippen LogP contribution in [0.1, 0.15) is 28.3 Å². The van der Waals surface area contributed by atoms with E-state index in [1.807, 2.05) is 17.4 Å². The average molecular weight is 300 g/mol. The minimum Gasteiger partial charge on any atom is -0.457 e. The minimum atomic E-state index is -0.00326. The topological polar surface area (TPSA) is 39.2 Å². The molecule has 0 saturated carbocycles. The van der Waals surface area contributed by atoms with Crippen molar-refractivity contribution in [3.63, 3.8) is 0 Å². The van der Waals surface area contributed by atoms with Crippen molar-refractivity contribution in [2.45, 2.75) is 25.8 Å². The molecule has 0 aromatic carbocycles. The van der Waals surface area contributed by atoms with Crippen molar-refractivity contribution in [1.82, 2.24) is 0 Å². The molecule has 0 fully saturated rings. The Kier molecular flexibility index (Phi) is 3.84. The molecule has 0 amide bonds. The molecule has 0 spiro atoms. The molecule has 2 aromatic heterocycles. The van der Waals surface area contributed by atoms with Gasteiger partial charge in [-0.1, -0.05) is 6.92 Å². The summed E-state index contributed by atoms with van der Waals surface area (Å²) >= 11 is 5.19. The Hall–Kier alpha value is -0.580. The summed E-state index contributed by atoms with van der Waals surface area (Å²) in [6, 6.07) is 6.26. The smallest absolute Gasteiger partial charge is 0.173 e. The molecule has 0 saturated heterocycles. The molecule has 0 aliphatic rings. The van der Waals surface area contributed by atoms with E-state index in [0.717, 1.165) is 23.1 Å². The van der Waals surface area contributed by atoms with Crippen molar-refractivity contribution in [3.8, 4) is 0 Å². The van der Waals surface area contributed by atoms with Crippen LogP contribution in [0.3, 0.4) is 0 Å². The molecule has 1 atom stereocenters.